The lowest BCUT2D eigenvalue weighted by molar-refractivity contribution is 0.440. The number of benzene rings is 8. The van der Waals surface area contributed by atoms with Gasteiger partial charge in [0.25, 0.3) is 0 Å². The Morgan fingerprint density at radius 1 is 0.234 bits per heavy atom. The van der Waals surface area contributed by atoms with Crippen molar-refractivity contribution >= 4 is 0 Å². The molecular formula is C60H56O4. The van der Waals surface area contributed by atoms with Gasteiger partial charge in [0.05, 0.1) is 0 Å². The van der Waals surface area contributed by atoms with E-state index >= 15 is 0 Å². The second kappa shape index (κ2) is 16.6. The van der Waals surface area contributed by atoms with Crippen molar-refractivity contribution in [1.29, 1.82) is 0 Å². The highest BCUT2D eigenvalue weighted by atomic mass is 16.3. The van der Waals surface area contributed by atoms with Crippen molar-refractivity contribution in [3.8, 4) is 23.0 Å². The van der Waals surface area contributed by atoms with Crippen molar-refractivity contribution < 1.29 is 20.4 Å². The number of hydrogen-bond acceptors (Lipinski definition) is 4. The molecule has 0 fully saturated rings. The van der Waals surface area contributed by atoms with Crippen LogP contribution in [0.1, 0.15) is 135 Å². The molecule has 0 spiro atoms. The Morgan fingerprint density at radius 3 is 0.812 bits per heavy atom. The molecule has 4 N–H and O–H groups in total. The molecule has 9 rings (SSSR count). The van der Waals surface area contributed by atoms with Crippen LogP contribution in [0.15, 0.2) is 146 Å². The fraction of sp³-hybridized carbons (Fsp3) is 0.200. The van der Waals surface area contributed by atoms with Gasteiger partial charge in [0.2, 0.25) is 0 Å². The van der Waals surface area contributed by atoms with Crippen LogP contribution >= 0.6 is 0 Å². The topological polar surface area (TPSA) is 80.9 Å². The van der Waals surface area contributed by atoms with Crippen molar-refractivity contribution in [3.05, 3.63) is 257 Å². The highest BCUT2D eigenvalue weighted by molar-refractivity contribution is 5.63. The van der Waals surface area contributed by atoms with Crippen LogP contribution in [0.2, 0.25) is 0 Å². The number of phenols is 4. The van der Waals surface area contributed by atoms with Crippen LogP contribution in [0, 0.1) is 55.4 Å². The third-order valence-corrected chi connectivity index (χ3v) is 14.2. The largest absolute Gasteiger partial charge is 0.508 e. The molecule has 0 amide bonds. The third kappa shape index (κ3) is 7.62. The normalized spacial score (nSPS) is 17.0. The molecule has 8 aromatic rings. The Hall–Kier alpha value is -7.04. The van der Waals surface area contributed by atoms with Gasteiger partial charge in [-0.2, -0.15) is 0 Å². The first kappa shape index (κ1) is 42.3. The molecule has 0 aliphatic heterocycles. The summed E-state index contributed by atoms with van der Waals surface area (Å²) in [6.07, 6.45) is 0. The number of aryl methyl sites for hydroxylation is 8. The third-order valence-electron chi connectivity index (χ3n) is 14.2. The van der Waals surface area contributed by atoms with E-state index in [2.05, 4.69) is 165 Å². The molecule has 8 aromatic carbocycles. The van der Waals surface area contributed by atoms with E-state index in [-0.39, 0.29) is 28.9 Å². The van der Waals surface area contributed by atoms with Gasteiger partial charge < -0.3 is 20.4 Å². The molecule has 1 aliphatic carbocycles. The molecule has 0 radical (unpaired) electrons. The summed E-state index contributed by atoms with van der Waals surface area (Å²) in [5.74, 6) is -1.44. The second-order valence-corrected chi connectivity index (χ2v) is 18.4. The summed E-state index contributed by atoms with van der Waals surface area (Å²) in [5.41, 5.74) is 19.8. The molecule has 0 aromatic heterocycles. The van der Waals surface area contributed by atoms with Crippen LogP contribution in [0.5, 0.6) is 23.0 Å². The molecular weight excluding hydrogens is 785 g/mol. The first-order valence-electron chi connectivity index (χ1n) is 22.3. The summed E-state index contributed by atoms with van der Waals surface area (Å²) >= 11 is 0. The van der Waals surface area contributed by atoms with E-state index < -0.39 is 17.8 Å². The van der Waals surface area contributed by atoms with Gasteiger partial charge in [-0.05, 0) is 163 Å². The minimum Gasteiger partial charge on any atom is -0.508 e. The molecule has 0 saturated heterocycles. The lowest BCUT2D eigenvalue weighted by atomic mass is 9.75. The summed E-state index contributed by atoms with van der Waals surface area (Å²) < 4.78 is 0. The van der Waals surface area contributed by atoms with Gasteiger partial charge in [-0.25, -0.2) is 0 Å². The van der Waals surface area contributed by atoms with Crippen LogP contribution in [0.25, 0.3) is 0 Å². The zero-order valence-corrected chi connectivity index (χ0v) is 38.0. The Labute approximate surface area is 377 Å². The summed E-state index contributed by atoms with van der Waals surface area (Å²) in [6, 6.07) is 49.7. The average molecular weight is 841 g/mol. The molecule has 8 bridgehead atoms. The SMILES string of the molecule is Cc1ccc(C2c3cccc(c3)[C@@H](c3ccc(C)c(C)c3)c3cc(c(O)cc3O)[C@@H](c3ccc(C)c(C)c3)c3ccc(O)c(c3)C(c3ccc(C)c(C)c3)c3ccc(O)c2c3)cc1C. The van der Waals surface area contributed by atoms with Gasteiger partial charge in [-0.15, -0.1) is 0 Å². The van der Waals surface area contributed by atoms with E-state index in [1.807, 2.05) is 18.2 Å². The van der Waals surface area contributed by atoms with Crippen LogP contribution in [0.4, 0.5) is 0 Å². The maximum atomic E-state index is 12.1. The lowest BCUT2D eigenvalue weighted by Crippen LogP contribution is -2.12. The molecule has 4 nitrogen and oxygen atoms in total. The van der Waals surface area contributed by atoms with Crippen molar-refractivity contribution in [1.82, 2.24) is 0 Å². The number of phenolic OH excluding ortho intramolecular Hbond substituents is 4. The van der Waals surface area contributed by atoms with Crippen molar-refractivity contribution in [2.75, 3.05) is 0 Å². The van der Waals surface area contributed by atoms with E-state index in [1.54, 1.807) is 12.1 Å². The molecule has 320 valence electrons. The zero-order valence-electron chi connectivity index (χ0n) is 38.0. The molecule has 1 aliphatic rings. The Kier molecular flexibility index (Phi) is 11.0. The second-order valence-electron chi connectivity index (χ2n) is 18.4. The zero-order chi connectivity index (χ0) is 45.1. The molecule has 4 atom stereocenters. The summed E-state index contributed by atoms with van der Waals surface area (Å²) in [4.78, 5) is 0. The summed E-state index contributed by atoms with van der Waals surface area (Å²) in [5, 5.41) is 48.5. The predicted molar refractivity (Wildman–Crippen MR) is 260 cm³/mol. The van der Waals surface area contributed by atoms with E-state index in [9.17, 15) is 20.4 Å². The van der Waals surface area contributed by atoms with Gasteiger partial charge >= 0.3 is 0 Å². The van der Waals surface area contributed by atoms with E-state index in [0.717, 1.165) is 77.9 Å². The Morgan fingerprint density at radius 2 is 0.500 bits per heavy atom. The number of aromatic hydroxyl groups is 4. The summed E-state index contributed by atoms with van der Waals surface area (Å²) in [6.45, 7) is 16.9. The van der Waals surface area contributed by atoms with Gasteiger partial charge in [0.15, 0.2) is 0 Å². The minimum atomic E-state index is -0.484. The van der Waals surface area contributed by atoms with Gasteiger partial charge in [-0.3, -0.25) is 0 Å². The maximum absolute atomic E-state index is 12.1. The van der Waals surface area contributed by atoms with Crippen molar-refractivity contribution in [2.24, 2.45) is 0 Å². The quantitative estimate of drug-likeness (QED) is 0.142. The van der Waals surface area contributed by atoms with Gasteiger partial charge in [-0.1, -0.05) is 121 Å². The van der Waals surface area contributed by atoms with E-state index in [1.165, 1.54) is 22.8 Å². The molecule has 4 heteroatoms. The van der Waals surface area contributed by atoms with Crippen molar-refractivity contribution in [3.63, 3.8) is 0 Å². The van der Waals surface area contributed by atoms with Gasteiger partial charge in [0, 0.05) is 52.0 Å². The Bertz CT molecular complexity index is 3070. The Balaban J connectivity index is 1.44. The number of rotatable bonds is 4. The molecule has 2 unspecified atom stereocenters. The monoisotopic (exact) mass is 840 g/mol. The standard InChI is InChI=1S/C60H56O4/c1-33-12-16-43(24-37(33)5)57-41-10-9-11-42(28-41)58(44-17-13-34(2)38(6)25-44)51-31-52(56(64)32-55(51)63)60(46-19-15-36(4)40(8)27-46)48-21-23-54(62)50(30-48)59(45-18-14-35(3)39(7)26-45)47-20-22-53(61)49(57)29-47/h9-32,57-64H,1-8H3/t57?,58-,59?,60-/m0/s1. The average Bonchev–Trinajstić information content (AvgIpc) is 3.26. The van der Waals surface area contributed by atoms with Crippen LogP contribution in [-0.2, 0) is 0 Å². The number of hydrogen-bond donors (Lipinski definition) is 4. The summed E-state index contributed by atoms with van der Waals surface area (Å²) in [7, 11) is 0. The van der Waals surface area contributed by atoms with Crippen LogP contribution in [0.3, 0.4) is 0 Å². The first-order valence-corrected chi connectivity index (χ1v) is 22.3. The molecule has 0 heterocycles. The fourth-order valence-electron chi connectivity index (χ4n) is 9.94. The highest BCUT2D eigenvalue weighted by Gasteiger charge is 2.32. The number of fused-ring (bicyclic) bond motifs is 8. The van der Waals surface area contributed by atoms with Gasteiger partial charge in [0.1, 0.15) is 23.0 Å². The van der Waals surface area contributed by atoms with Crippen molar-refractivity contribution in [2.45, 2.75) is 79.1 Å². The first-order chi connectivity index (χ1) is 30.7. The van der Waals surface area contributed by atoms with E-state index in [0.29, 0.717) is 16.7 Å². The van der Waals surface area contributed by atoms with Crippen LogP contribution in [-0.4, -0.2) is 20.4 Å². The van der Waals surface area contributed by atoms with E-state index in [4.69, 9.17) is 0 Å². The molecule has 64 heavy (non-hydrogen) atoms. The maximum Gasteiger partial charge on any atom is 0.123 e. The highest BCUT2D eigenvalue weighted by Crippen LogP contribution is 2.49. The van der Waals surface area contributed by atoms with Crippen LogP contribution < -0.4 is 0 Å². The molecule has 0 saturated carbocycles. The predicted octanol–water partition coefficient (Wildman–Crippen LogP) is 14.0. The lowest BCUT2D eigenvalue weighted by Gasteiger charge is -2.29. The smallest absolute Gasteiger partial charge is 0.123 e. The minimum absolute atomic E-state index is 0.00732. The fourth-order valence-corrected chi connectivity index (χ4v) is 9.94.